The zero-order valence-corrected chi connectivity index (χ0v) is 12.2. The smallest absolute Gasteiger partial charge is 0.303 e. The Morgan fingerprint density at radius 3 is 2.55 bits per heavy atom. The van der Waals surface area contributed by atoms with Gasteiger partial charge in [0.25, 0.3) is 5.91 Å². The van der Waals surface area contributed by atoms with Gasteiger partial charge in [0.1, 0.15) is 5.76 Å². The van der Waals surface area contributed by atoms with Crippen LogP contribution < -0.4 is 5.32 Å². The third-order valence-corrected chi connectivity index (χ3v) is 3.17. The van der Waals surface area contributed by atoms with Crippen LogP contribution in [0.2, 0.25) is 0 Å². The Hall–Kier alpha value is -1.78. The van der Waals surface area contributed by atoms with Gasteiger partial charge >= 0.3 is 5.97 Å². The van der Waals surface area contributed by atoms with Crippen LogP contribution in [-0.4, -0.2) is 23.5 Å². The number of amides is 1. The molecule has 1 amide bonds. The van der Waals surface area contributed by atoms with Gasteiger partial charge in [-0.15, -0.1) is 0 Å². The Morgan fingerprint density at radius 2 is 1.95 bits per heavy atom. The molecule has 112 valence electrons. The molecular formula is C15H23NO4. The molecule has 1 aromatic heterocycles. The van der Waals surface area contributed by atoms with E-state index in [1.807, 2.05) is 13.8 Å². The zero-order valence-electron chi connectivity index (χ0n) is 12.2. The van der Waals surface area contributed by atoms with Crippen LogP contribution >= 0.6 is 0 Å². The van der Waals surface area contributed by atoms with E-state index < -0.39 is 5.97 Å². The molecule has 0 atom stereocenters. The van der Waals surface area contributed by atoms with E-state index in [9.17, 15) is 9.59 Å². The highest BCUT2D eigenvalue weighted by Crippen LogP contribution is 2.14. The Balaban J connectivity index is 2.18. The number of aliphatic carboxylic acids is 1. The van der Waals surface area contributed by atoms with E-state index in [0.29, 0.717) is 18.7 Å². The number of rotatable bonds is 9. The van der Waals surface area contributed by atoms with E-state index in [0.717, 1.165) is 37.0 Å². The zero-order chi connectivity index (χ0) is 15.0. The molecule has 0 unspecified atom stereocenters. The predicted molar refractivity (Wildman–Crippen MR) is 75.9 cm³/mol. The van der Waals surface area contributed by atoms with Crippen molar-refractivity contribution < 1.29 is 19.1 Å². The number of unbranched alkanes of at least 4 members (excludes halogenated alkanes) is 3. The van der Waals surface area contributed by atoms with Crippen molar-refractivity contribution in [3.63, 3.8) is 0 Å². The van der Waals surface area contributed by atoms with Crippen molar-refractivity contribution in [2.24, 2.45) is 0 Å². The second-order valence-electron chi connectivity index (χ2n) is 4.88. The normalized spacial score (nSPS) is 10.5. The fourth-order valence-electron chi connectivity index (χ4n) is 2.03. The van der Waals surface area contributed by atoms with Gasteiger partial charge in [-0.3, -0.25) is 9.59 Å². The monoisotopic (exact) mass is 281 g/mol. The van der Waals surface area contributed by atoms with Gasteiger partial charge in [-0.2, -0.15) is 0 Å². The van der Waals surface area contributed by atoms with Crippen LogP contribution in [0.15, 0.2) is 10.5 Å². The van der Waals surface area contributed by atoms with Gasteiger partial charge in [0, 0.05) is 19.4 Å². The summed E-state index contributed by atoms with van der Waals surface area (Å²) in [6.45, 7) is 4.51. The number of furan rings is 1. The number of carbonyl (C=O) groups is 2. The Kier molecular flexibility index (Phi) is 6.84. The highest BCUT2D eigenvalue weighted by Gasteiger charge is 2.12. The molecule has 1 rings (SSSR count). The summed E-state index contributed by atoms with van der Waals surface area (Å²) in [5.41, 5.74) is 1.01. The Bertz CT molecular complexity index is 451. The van der Waals surface area contributed by atoms with Crippen LogP contribution in [0.5, 0.6) is 0 Å². The molecule has 0 aromatic carbocycles. The fraction of sp³-hybridized carbons (Fsp3) is 0.600. The first-order valence-corrected chi connectivity index (χ1v) is 7.14. The third-order valence-electron chi connectivity index (χ3n) is 3.17. The minimum absolute atomic E-state index is 0.182. The fourth-order valence-corrected chi connectivity index (χ4v) is 2.03. The van der Waals surface area contributed by atoms with E-state index in [1.54, 1.807) is 6.07 Å². The Morgan fingerprint density at radius 1 is 1.25 bits per heavy atom. The van der Waals surface area contributed by atoms with E-state index in [2.05, 4.69) is 5.32 Å². The van der Waals surface area contributed by atoms with E-state index in [1.165, 1.54) is 0 Å². The molecule has 2 N–H and O–H groups in total. The summed E-state index contributed by atoms with van der Waals surface area (Å²) in [5, 5.41) is 11.3. The van der Waals surface area contributed by atoms with Crippen molar-refractivity contribution in [1.29, 1.82) is 0 Å². The molecule has 0 fully saturated rings. The molecule has 0 bridgehead atoms. The summed E-state index contributed by atoms with van der Waals surface area (Å²) < 4.78 is 5.47. The largest absolute Gasteiger partial charge is 0.481 e. The van der Waals surface area contributed by atoms with Crippen LogP contribution in [0.3, 0.4) is 0 Å². The maximum atomic E-state index is 11.8. The second-order valence-corrected chi connectivity index (χ2v) is 4.88. The van der Waals surface area contributed by atoms with Crippen molar-refractivity contribution >= 4 is 11.9 Å². The van der Waals surface area contributed by atoms with E-state index in [-0.39, 0.29) is 12.3 Å². The van der Waals surface area contributed by atoms with Crippen molar-refractivity contribution in [2.75, 3.05) is 6.54 Å². The molecule has 0 radical (unpaired) electrons. The molecule has 0 aliphatic carbocycles. The van der Waals surface area contributed by atoms with Crippen LogP contribution in [0, 0.1) is 6.92 Å². The lowest BCUT2D eigenvalue weighted by molar-refractivity contribution is -0.137. The summed E-state index contributed by atoms with van der Waals surface area (Å²) in [6, 6.07) is 1.76. The van der Waals surface area contributed by atoms with Gasteiger partial charge < -0.3 is 14.8 Å². The molecule has 0 saturated heterocycles. The molecule has 5 nitrogen and oxygen atoms in total. The first kappa shape index (κ1) is 16.3. The number of aryl methyl sites for hydroxylation is 2. The molecular weight excluding hydrogens is 258 g/mol. The van der Waals surface area contributed by atoms with Crippen LogP contribution in [0.25, 0.3) is 0 Å². The Labute approximate surface area is 119 Å². The summed E-state index contributed by atoms with van der Waals surface area (Å²) in [4.78, 5) is 22.1. The minimum Gasteiger partial charge on any atom is -0.481 e. The van der Waals surface area contributed by atoms with E-state index >= 15 is 0 Å². The van der Waals surface area contributed by atoms with Gasteiger partial charge in [0.05, 0.1) is 0 Å². The van der Waals surface area contributed by atoms with Gasteiger partial charge in [-0.1, -0.05) is 19.8 Å². The van der Waals surface area contributed by atoms with Gasteiger partial charge in [-0.05, 0) is 31.4 Å². The van der Waals surface area contributed by atoms with Crippen molar-refractivity contribution in [3.05, 3.63) is 23.2 Å². The maximum Gasteiger partial charge on any atom is 0.303 e. The van der Waals surface area contributed by atoms with E-state index in [4.69, 9.17) is 9.52 Å². The number of nitrogens with one attached hydrogen (secondary N) is 1. The van der Waals surface area contributed by atoms with Crippen LogP contribution in [0.1, 0.15) is 60.9 Å². The molecule has 20 heavy (non-hydrogen) atoms. The minimum atomic E-state index is -0.752. The summed E-state index contributed by atoms with van der Waals surface area (Å²) in [6.07, 6.45) is 4.35. The number of hydrogen-bond acceptors (Lipinski definition) is 3. The average molecular weight is 281 g/mol. The first-order chi connectivity index (χ1) is 9.54. The quantitative estimate of drug-likeness (QED) is 0.682. The van der Waals surface area contributed by atoms with Gasteiger partial charge in [0.2, 0.25) is 0 Å². The highest BCUT2D eigenvalue weighted by atomic mass is 16.4. The van der Waals surface area contributed by atoms with Crippen LogP contribution in [0.4, 0.5) is 0 Å². The lowest BCUT2D eigenvalue weighted by Crippen LogP contribution is -2.23. The van der Waals surface area contributed by atoms with Crippen molar-refractivity contribution in [1.82, 2.24) is 5.32 Å². The molecule has 5 heteroatoms. The number of hydrogen-bond donors (Lipinski definition) is 2. The lowest BCUT2D eigenvalue weighted by Gasteiger charge is -2.03. The number of carboxylic acids is 1. The number of carboxylic acid groups (broad SMARTS) is 1. The second kappa shape index (κ2) is 8.40. The summed E-state index contributed by atoms with van der Waals surface area (Å²) in [5.74, 6) is 0.283. The van der Waals surface area contributed by atoms with Crippen molar-refractivity contribution in [3.8, 4) is 0 Å². The molecule has 1 aromatic rings. The first-order valence-electron chi connectivity index (χ1n) is 7.14. The summed E-state index contributed by atoms with van der Waals surface area (Å²) in [7, 11) is 0. The molecule has 0 spiro atoms. The van der Waals surface area contributed by atoms with Crippen LogP contribution in [-0.2, 0) is 11.2 Å². The van der Waals surface area contributed by atoms with Gasteiger partial charge in [0.15, 0.2) is 5.76 Å². The third kappa shape index (κ3) is 5.47. The highest BCUT2D eigenvalue weighted by molar-refractivity contribution is 5.91. The van der Waals surface area contributed by atoms with Crippen molar-refractivity contribution in [2.45, 2.75) is 52.4 Å². The number of carbonyl (C=O) groups excluding carboxylic acids is 1. The molecule has 0 aliphatic rings. The molecule has 1 heterocycles. The molecule has 0 aliphatic heterocycles. The van der Waals surface area contributed by atoms with Gasteiger partial charge in [-0.25, -0.2) is 0 Å². The average Bonchev–Trinajstić information content (AvgIpc) is 2.78. The topological polar surface area (TPSA) is 79.5 Å². The predicted octanol–water partition coefficient (Wildman–Crippen LogP) is 2.92. The maximum absolute atomic E-state index is 11.8. The standard InChI is InChI=1S/C15H23NO4/c1-3-12-11(2)10-13(20-12)15(19)16-9-7-5-4-6-8-14(17)18/h10H,3-9H2,1-2H3,(H,16,19)(H,17,18). The summed E-state index contributed by atoms with van der Waals surface area (Å²) >= 11 is 0. The molecule has 0 saturated carbocycles. The lowest BCUT2D eigenvalue weighted by atomic mass is 10.1. The SMILES string of the molecule is CCc1oc(C(=O)NCCCCCCC(=O)O)cc1C.